The highest BCUT2D eigenvalue weighted by atomic mass is 16.3. The van der Waals surface area contributed by atoms with Gasteiger partial charge in [0.15, 0.2) is 0 Å². The van der Waals surface area contributed by atoms with Crippen LogP contribution >= 0.6 is 0 Å². The van der Waals surface area contributed by atoms with Crippen molar-refractivity contribution in [2.45, 2.75) is 38.3 Å². The van der Waals surface area contributed by atoms with E-state index >= 15 is 0 Å². The molecular weight excluding hydrogens is 246 g/mol. The number of aromatic hydroxyl groups is 1. The average Bonchev–Trinajstić information content (AvgIpc) is 2.83. The molecule has 0 fully saturated rings. The van der Waals surface area contributed by atoms with Crippen LogP contribution in [0.25, 0.3) is 0 Å². The molecular formula is C18H21NO. The summed E-state index contributed by atoms with van der Waals surface area (Å²) in [5, 5.41) is 13.0. The summed E-state index contributed by atoms with van der Waals surface area (Å²) in [6.07, 6.45) is 3.26. The Morgan fingerprint density at radius 3 is 2.25 bits per heavy atom. The van der Waals surface area contributed by atoms with Crippen LogP contribution in [-0.2, 0) is 19.3 Å². The van der Waals surface area contributed by atoms with Gasteiger partial charge in [-0.1, -0.05) is 36.4 Å². The molecule has 0 bridgehead atoms. The van der Waals surface area contributed by atoms with E-state index in [9.17, 15) is 5.11 Å². The lowest BCUT2D eigenvalue weighted by atomic mass is 10.1. The van der Waals surface area contributed by atoms with E-state index in [-0.39, 0.29) is 0 Å². The molecule has 0 saturated carbocycles. The van der Waals surface area contributed by atoms with Gasteiger partial charge < -0.3 is 10.4 Å². The van der Waals surface area contributed by atoms with Crippen molar-refractivity contribution in [3.8, 4) is 5.75 Å². The number of benzene rings is 2. The minimum Gasteiger partial charge on any atom is -0.508 e. The lowest BCUT2D eigenvalue weighted by molar-refractivity contribution is 0.452. The Kier molecular flexibility index (Phi) is 3.75. The number of phenolic OH excluding ortho intramolecular Hbond substituents is 1. The third-order valence-corrected chi connectivity index (χ3v) is 4.05. The van der Waals surface area contributed by atoms with Crippen LogP contribution < -0.4 is 5.32 Å². The van der Waals surface area contributed by atoms with E-state index in [1.165, 1.54) is 16.7 Å². The molecule has 0 saturated heterocycles. The van der Waals surface area contributed by atoms with Crippen LogP contribution in [0.15, 0.2) is 48.5 Å². The van der Waals surface area contributed by atoms with Gasteiger partial charge in [-0.2, -0.15) is 0 Å². The first-order valence-corrected chi connectivity index (χ1v) is 7.31. The molecule has 0 amide bonds. The van der Waals surface area contributed by atoms with Crippen molar-refractivity contribution in [1.29, 1.82) is 0 Å². The number of hydrogen-bond donors (Lipinski definition) is 2. The van der Waals surface area contributed by atoms with E-state index < -0.39 is 0 Å². The Bertz CT molecular complexity index is 551. The molecule has 104 valence electrons. The predicted molar refractivity (Wildman–Crippen MR) is 82.0 cm³/mol. The van der Waals surface area contributed by atoms with Crippen LogP contribution in [0.1, 0.15) is 23.6 Å². The molecule has 1 atom stereocenters. The van der Waals surface area contributed by atoms with Crippen molar-refractivity contribution in [3.05, 3.63) is 65.2 Å². The minimum absolute atomic E-state index is 0.334. The van der Waals surface area contributed by atoms with Crippen LogP contribution in [0.4, 0.5) is 0 Å². The number of fused-ring (bicyclic) bond motifs is 1. The first-order valence-electron chi connectivity index (χ1n) is 7.31. The van der Waals surface area contributed by atoms with Gasteiger partial charge in [0.05, 0.1) is 0 Å². The number of hydrogen-bond acceptors (Lipinski definition) is 2. The fourth-order valence-electron chi connectivity index (χ4n) is 3.12. The maximum Gasteiger partial charge on any atom is 0.115 e. The summed E-state index contributed by atoms with van der Waals surface area (Å²) in [5.74, 6) is 0.334. The molecule has 2 heteroatoms. The summed E-state index contributed by atoms with van der Waals surface area (Å²) in [7, 11) is 0. The summed E-state index contributed by atoms with van der Waals surface area (Å²) < 4.78 is 0. The predicted octanol–water partition coefficient (Wildman–Crippen LogP) is 3.08. The molecule has 0 spiro atoms. The zero-order valence-electron chi connectivity index (χ0n) is 11.8. The Labute approximate surface area is 120 Å². The normalized spacial score (nSPS) is 16.1. The molecule has 2 N–H and O–H groups in total. The van der Waals surface area contributed by atoms with E-state index in [1.54, 1.807) is 12.1 Å². The van der Waals surface area contributed by atoms with Crippen LogP contribution in [0, 0.1) is 0 Å². The molecule has 2 nitrogen and oxygen atoms in total. The molecule has 0 aromatic heterocycles. The largest absolute Gasteiger partial charge is 0.508 e. The molecule has 0 heterocycles. The maximum absolute atomic E-state index is 9.31. The van der Waals surface area contributed by atoms with E-state index in [1.807, 2.05) is 12.1 Å². The van der Waals surface area contributed by atoms with Crippen molar-refractivity contribution < 1.29 is 5.11 Å². The Morgan fingerprint density at radius 2 is 1.65 bits per heavy atom. The van der Waals surface area contributed by atoms with Gasteiger partial charge in [0.25, 0.3) is 0 Å². The lowest BCUT2D eigenvalue weighted by Gasteiger charge is -2.19. The molecule has 1 unspecified atom stereocenters. The van der Waals surface area contributed by atoms with Crippen LogP contribution in [0.5, 0.6) is 5.75 Å². The molecule has 0 aliphatic heterocycles. The SMILES string of the molecule is CC(Cc1ccc(O)cc1)NC1Cc2ccccc2C1. The van der Waals surface area contributed by atoms with Gasteiger partial charge in [-0.25, -0.2) is 0 Å². The fraction of sp³-hybridized carbons (Fsp3) is 0.333. The van der Waals surface area contributed by atoms with Crippen molar-refractivity contribution in [2.75, 3.05) is 0 Å². The second-order valence-corrected chi connectivity index (χ2v) is 5.81. The molecule has 2 aromatic rings. The highest BCUT2D eigenvalue weighted by Crippen LogP contribution is 2.22. The maximum atomic E-state index is 9.31. The van der Waals surface area contributed by atoms with Crippen molar-refractivity contribution in [3.63, 3.8) is 0 Å². The number of rotatable bonds is 4. The Hall–Kier alpha value is -1.80. The Morgan fingerprint density at radius 1 is 1.05 bits per heavy atom. The van der Waals surface area contributed by atoms with E-state index in [2.05, 4.69) is 36.5 Å². The smallest absolute Gasteiger partial charge is 0.115 e. The summed E-state index contributed by atoms with van der Waals surface area (Å²) in [4.78, 5) is 0. The second kappa shape index (κ2) is 5.68. The molecule has 20 heavy (non-hydrogen) atoms. The quantitative estimate of drug-likeness (QED) is 0.892. The fourth-order valence-corrected chi connectivity index (χ4v) is 3.12. The van der Waals surface area contributed by atoms with Crippen molar-refractivity contribution in [1.82, 2.24) is 5.32 Å². The summed E-state index contributed by atoms with van der Waals surface area (Å²) in [6, 6.07) is 17.2. The standard InChI is InChI=1S/C18H21NO/c1-13(10-14-6-8-18(20)9-7-14)19-17-11-15-4-2-3-5-16(15)12-17/h2-9,13,17,19-20H,10-12H2,1H3. The van der Waals surface area contributed by atoms with Crippen LogP contribution in [0.2, 0.25) is 0 Å². The third-order valence-electron chi connectivity index (χ3n) is 4.05. The van der Waals surface area contributed by atoms with Gasteiger partial charge in [-0.05, 0) is 55.0 Å². The first kappa shape index (κ1) is 13.2. The van der Waals surface area contributed by atoms with Gasteiger partial charge >= 0.3 is 0 Å². The Balaban J connectivity index is 1.55. The topological polar surface area (TPSA) is 32.3 Å². The van der Waals surface area contributed by atoms with Gasteiger partial charge in [0.1, 0.15) is 5.75 Å². The summed E-state index contributed by atoms with van der Waals surface area (Å²) >= 11 is 0. The van der Waals surface area contributed by atoms with E-state index in [0.29, 0.717) is 17.8 Å². The monoisotopic (exact) mass is 267 g/mol. The molecule has 0 radical (unpaired) electrons. The molecule has 2 aromatic carbocycles. The molecule has 1 aliphatic carbocycles. The van der Waals surface area contributed by atoms with Gasteiger partial charge in [0.2, 0.25) is 0 Å². The molecule has 1 aliphatic rings. The molecule has 3 rings (SSSR count). The van der Waals surface area contributed by atoms with Crippen molar-refractivity contribution in [2.24, 2.45) is 0 Å². The second-order valence-electron chi connectivity index (χ2n) is 5.81. The first-order chi connectivity index (χ1) is 9.70. The van der Waals surface area contributed by atoms with E-state index in [0.717, 1.165) is 19.3 Å². The lowest BCUT2D eigenvalue weighted by Crippen LogP contribution is -2.38. The summed E-state index contributed by atoms with van der Waals surface area (Å²) in [5.41, 5.74) is 4.24. The third kappa shape index (κ3) is 3.02. The zero-order chi connectivity index (χ0) is 13.9. The number of phenols is 1. The highest BCUT2D eigenvalue weighted by Gasteiger charge is 2.21. The minimum atomic E-state index is 0.334. The van der Waals surface area contributed by atoms with E-state index in [4.69, 9.17) is 0 Å². The van der Waals surface area contributed by atoms with Gasteiger partial charge in [-0.3, -0.25) is 0 Å². The highest BCUT2D eigenvalue weighted by molar-refractivity contribution is 5.33. The number of nitrogens with one attached hydrogen (secondary N) is 1. The summed E-state index contributed by atoms with van der Waals surface area (Å²) in [6.45, 7) is 2.23. The van der Waals surface area contributed by atoms with Gasteiger partial charge in [0, 0.05) is 12.1 Å². The zero-order valence-corrected chi connectivity index (χ0v) is 11.8. The average molecular weight is 267 g/mol. The van der Waals surface area contributed by atoms with Crippen LogP contribution in [0.3, 0.4) is 0 Å². The van der Waals surface area contributed by atoms with Crippen LogP contribution in [-0.4, -0.2) is 17.2 Å². The van der Waals surface area contributed by atoms with Crippen molar-refractivity contribution >= 4 is 0 Å². The van der Waals surface area contributed by atoms with Gasteiger partial charge in [-0.15, -0.1) is 0 Å².